The van der Waals surface area contributed by atoms with Crippen LogP contribution in [0.5, 0.6) is 0 Å². The number of hydrogen-bond donors (Lipinski definition) is 0. The van der Waals surface area contributed by atoms with Gasteiger partial charge in [-0.15, -0.1) is 0 Å². The summed E-state index contributed by atoms with van der Waals surface area (Å²) in [5, 5.41) is 8.76. The largest absolute Gasteiger partial charge is 0.348 e. The molecule has 3 heteroatoms. The van der Waals surface area contributed by atoms with Crippen molar-refractivity contribution in [2.75, 3.05) is 13.2 Å². The van der Waals surface area contributed by atoms with Crippen LogP contribution >= 0.6 is 0 Å². The molecule has 1 fully saturated rings. The van der Waals surface area contributed by atoms with E-state index in [1.165, 1.54) is 6.42 Å². The third kappa shape index (κ3) is 3.92. The third-order valence-electron chi connectivity index (χ3n) is 3.10. The minimum Gasteiger partial charge on any atom is -0.348 e. The lowest BCUT2D eigenvalue weighted by molar-refractivity contribution is -0.197. The Morgan fingerprint density at radius 3 is 2.53 bits per heavy atom. The van der Waals surface area contributed by atoms with E-state index in [1.807, 2.05) is 12.1 Å². The molecule has 0 amide bonds. The van der Waals surface area contributed by atoms with Crippen molar-refractivity contribution in [3.63, 3.8) is 0 Å². The highest BCUT2D eigenvalue weighted by molar-refractivity contribution is 5.32. The molecule has 3 nitrogen and oxygen atoms in total. The molecular formula is C16H19NO2. The van der Waals surface area contributed by atoms with Gasteiger partial charge in [-0.3, -0.25) is 0 Å². The maximum atomic E-state index is 8.76. The maximum absolute atomic E-state index is 8.76. The van der Waals surface area contributed by atoms with Crippen LogP contribution < -0.4 is 0 Å². The standard InChI is InChI=1S/C16H19NO2/c1-2-3-4-5-14-11-18-16(19-12-14)15-8-6-13(10-17)7-9-15/h4-9,14,16H,2-3,11-12H2,1H3. The minimum atomic E-state index is -0.302. The van der Waals surface area contributed by atoms with Crippen molar-refractivity contribution < 1.29 is 9.47 Å². The first kappa shape index (κ1) is 13.8. The van der Waals surface area contributed by atoms with Gasteiger partial charge in [0, 0.05) is 11.5 Å². The molecule has 0 atom stereocenters. The van der Waals surface area contributed by atoms with Gasteiger partial charge >= 0.3 is 0 Å². The second-order valence-corrected chi connectivity index (χ2v) is 4.71. The third-order valence-corrected chi connectivity index (χ3v) is 3.10. The van der Waals surface area contributed by atoms with E-state index in [1.54, 1.807) is 12.1 Å². The fourth-order valence-electron chi connectivity index (χ4n) is 1.99. The van der Waals surface area contributed by atoms with E-state index in [2.05, 4.69) is 25.1 Å². The summed E-state index contributed by atoms with van der Waals surface area (Å²) in [6, 6.07) is 9.45. The normalized spacial score (nSPS) is 23.4. The average molecular weight is 257 g/mol. The van der Waals surface area contributed by atoms with Crippen molar-refractivity contribution in [2.45, 2.75) is 26.1 Å². The minimum absolute atomic E-state index is 0.302. The molecule has 1 aliphatic heterocycles. The molecule has 19 heavy (non-hydrogen) atoms. The summed E-state index contributed by atoms with van der Waals surface area (Å²) in [7, 11) is 0. The molecule has 1 heterocycles. The molecule has 0 unspecified atom stereocenters. The van der Waals surface area contributed by atoms with Gasteiger partial charge in [0.2, 0.25) is 0 Å². The SMILES string of the molecule is CCCC=CC1COC(c2ccc(C#N)cc2)OC1. The Balaban J connectivity index is 1.87. The van der Waals surface area contributed by atoms with Crippen LogP contribution in [0.15, 0.2) is 36.4 Å². The van der Waals surface area contributed by atoms with Gasteiger partial charge in [-0.25, -0.2) is 0 Å². The summed E-state index contributed by atoms with van der Waals surface area (Å²) in [4.78, 5) is 0. The molecule has 1 aliphatic rings. The Kier molecular flexibility index (Phi) is 5.14. The van der Waals surface area contributed by atoms with Gasteiger partial charge in [0.15, 0.2) is 6.29 Å². The van der Waals surface area contributed by atoms with Crippen LogP contribution in [-0.2, 0) is 9.47 Å². The smallest absolute Gasteiger partial charge is 0.183 e. The van der Waals surface area contributed by atoms with Crippen molar-refractivity contribution in [1.82, 2.24) is 0 Å². The zero-order chi connectivity index (χ0) is 13.5. The predicted molar refractivity (Wildman–Crippen MR) is 73.3 cm³/mol. The lowest BCUT2D eigenvalue weighted by Gasteiger charge is -2.28. The van der Waals surface area contributed by atoms with Crippen LogP contribution in [0.3, 0.4) is 0 Å². The van der Waals surface area contributed by atoms with Crippen molar-refractivity contribution in [1.29, 1.82) is 5.26 Å². The molecule has 1 aromatic carbocycles. The van der Waals surface area contributed by atoms with E-state index in [0.717, 1.165) is 12.0 Å². The number of nitrogens with zero attached hydrogens (tertiary/aromatic N) is 1. The van der Waals surface area contributed by atoms with Gasteiger partial charge in [-0.1, -0.05) is 37.6 Å². The molecule has 1 saturated heterocycles. The molecule has 0 bridgehead atoms. The summed E-state index contributed by atoms with van der Waals surface area (Å²) in [6.45, 7) is 3.54. The summed E-state index contributed by atoms with van der Waals surface area (Å²) in [6.07, 6.45) is 6.34. The van der Waals surface area contributed by atoms with E-state index in [0.29, 0.717) is 24.7 Å². The number of ether oxygens (including phenoxy) is 2. The van der Waals surface area contributed by atoms with E-state index in [-0.39, 0.29) is 6.29 Å². The molecule has 0 radical (unpaired) electrons. The average Bonchev–Trinajstić information content (AvgIpc) is 2.48. The number of unbranched alkanes of at least 4 members (excludes halogenated alkanes) is 1. The van der Waals surface area contributed by atoms with Crippen molar-refractivity contribution in [2.24, 2.45) is 5.92 Å². The lowest BCUT2D eigenvalue weighted by atomic mass is 10.1. The van der Waals surface area contributed by atoms with Crippen LogP contribution in [0, 0.1) is 17.2 Å². The zero-order valence-electron chi connectivity index (χ0n) is 11.2. The molecule has 0 saturated carbocycles. The second kappa shape index (κ2) is 7.08. The van der Waals surface area contributed by atoms with Crippen molar-refractivity contribution in [3.8, 4) is 6.07 Å². The number of nitriles is 1. The van der Waals surface area contributed by atoms with Crippen molar-refractivity contribution in [3.05, 3.63) is 47.5 Å². The summed E-state index contributed by atoms with van der Waals surface area (Å²) >= 11 is 0. The highest BCUT2D eigenvalue weighted by Crippen LogP contribution is 2.25. The van der Waals surface area contributed by atoms with Gasteiger partial charge in [0.05, 0.1) is 24.8 Å². The Morgan fingerprint density at radius 1 is 1.26 bits per heavy atom. The number of hydrogen-bond acceptors (Lipinski definition) is 3. The molecule has 100 valence electrons. The van der Waals surface area contributed by atoms with Crippen LogP contribution in [0.2, 0.25) is 0 Å². The zero-order valence-corrected chi connectivity index (χ0v) is 11.2. The van der Waals surface area contributed by atoms with Crippen LogP contribution in [0.25, 0.3) is 0 Å². The molecule has 0 aromatic heterocycles. The van der Waals surface area contributed by atoms with E-state index in [4.69, 9.17) is 14.7 Å². The van der Waals surface area contributed by atoms with Crippen LogP contribution in [0.1, 0.15) is 37.2 Å². The second-order valence-electron chi connectivity index (χ2n) is 4.71. The number of benzene rings is 1. The van der Waals surface area contributed by atoms with Crippen molar-refractivity contribution >= 4 is 0 Å². The predicted octanol–water partition coefficient (Wildman–Crippen LogP) is 3.58. The lowest BCUT2D eigenvalue weighted by Crippen LogP contribution is -2.25. The van der Waals surface area contributed by atoms with Gasteiger partial charge in [0.1, 0.15) is 0 Å². The van der Waals surface area contributed by atoms with E-state index < -0.39 is 0 Å². The van der Waals surface area contributed by atoms with E-state index in [9.17, 15) is 0 Å². The molecule has 1 aromatic rings. The fourth-order valence-corrected chi connectivity index (χ4v) is 1.99. The van der Waals surface area contributed by atoms with Gasteiger partial charge in [-0.05, 0) is 18.6 Å². The quantitative estimate of drug-likeness (QED) is 0.774. The van der Waals surface area contributed by atoms with Gasteiger partial charge in [0.25, 0.3) is 0 Å². The first-order valence-corrected chi connectivity index (χ1v) is 6.73. The number of allylic oxidation sites excluding steroid dienone is 1. The number of rotatable bonds is 4. The van der Waals surface area contributed by atoms with Crippen LogP contribution in [-0.4, -0.2) is 13.2 Å². The highest BCUT2D eigenvalue weighted by atomic mass is 16.7. The highest BCUT2D eigenvalue weighted by Gasteiger charge is 2.21. The maximum Gasteiger partial charge on any atom is 0.183 e. The Morgan fingerprint density at radius 2 is 1.95 bits per heavy atom. The van der Waals surface area contributed by atoms with Gasteiger partial charge in [-0.2, -0.15) is 5.26 Å². The Labute approximate surface area is 114 Å². The van der Waals surface area contributed by atoms with Gasteiger partial charge < -0.3 is 9.47 Å². The molecule has 0 N–H and O–H groups in total. The first-order chi connectivity index (χ1) is 9.33. The molecular weight excluding hydrogens is 238 g/mol. The van der Waals surface area contributed by atoms with E-state index >= 15 is 0 Å². The molecule has 0 aliphatic carbocycles. The Hall–Kier alpha value is -1.63. The van der Waals surface area contributed by atoms with Crippen LogP contribution in [0.4, 0.5) is 0 Å². The summed E-state index contributed by atoms with van der Waals surface area (Å²) in [5.41, 5.74) is 1.62. The monoisotopic (exact) mass is 257 g/mol. The topological polar surface area (TPSA) is 42.2 Å². The summed E-state index contributed by atoms with van der Waals surface area (Å²) in [5.74, 6) is 0.348. The summed E-state index contributed by atoms with van der Waals surface area (Å²) < 4.78 is 11.4. The molecule has 0 spiro atoms. The fraction of sp³-hybridized carbons (Fsp3) is 0.438. The Bertz CT molecular complexity index is 451. The first-order valence-electron chi connectivity index (χ1n) is 6.73. The molecule has 2 rings (SSSR count).